The molecule has 2 aromatic rings. The molecular weight excluding hydrogens is 289 g/mol. The van der Waals surface area contributed by atoms with Crippen LogP contribution in [0.1, 0.15) is 33.7 Å². The molecule has 0 fully saturated rings. The van der Waals surface area contributed by atoms with Crippen molar-refractivity contribution in [3.63, 3.8) is 0 Å². The summed E-state index contributed by atoms with van der Waals surface area (Å²) >= 11 is 0. The number of rotatable bonds is 5. The Balaban J connectivity index is 2.11. The largest absolute Gasteiger partial charge is 0.366 e. The van der Waals surface area contributed by atoms with Crippen molar-refractivity contribution in [3.8, 4) is 0 Å². The summed E-state index contributed by atoms with van der Waals surface area (Å²) in [6, 6.07) is 13.0. The van der Waals surface area contributed by atoms with Crippen LogP contribution in [0.25, 0.3) is 0 Å². The molecule has 0 aliphatic carbocycles. The Morgan fingerprint density at radius 1 is 1.19 bits per heavy atom. The first kappa shape index (κ1) is 15.4. The fraction of sp³-hybridized carbons (Fsp3) is 0.188. The number of benzene rings is 2. The number of hydrogen-bond donors (Lipinski definition) is 1. The van der Waals surface area contributed by atoms with Crippen molar-refractivity contribution in [1.29, 1.82) is 0 Å². The third-order valence-electron chi connectivity index (χ3n) is 3.28. The molecule has 5 heteroatoms. The molecular formula is C16H16FNO2S. The summed E-state index contributed by atoms with van der Waals surface area (Å²) in [5, 5.41) is -0.401. The SMILES string of the molecule is C[C@@H](c1ccccc1F)[S@](=O)Cc1ccc(C(N)=O)cc1. The fourth-order valence-corrected chi connectivity index (χ4v) is 3.25. The fourth-order valence-electron chi connectivity index (χ4n) is 2.00. The van der Waals surface area contributed by atoms with E-state index in [2.05, 4.69) is 0 Å². The second-order valence-corrected chi connectivity index (χ2v) is 6.51. The topological polar surface area (TPSA) is 60.2 Å². The normalized spacial score (nSPS) is 13.6. The number of amides is 1. The van der Waals surface area contributed by atoms with Crippen molar-refractivity contribution in [2.24, 2.45) is 5.73 Å². The van der Waals surface area contributed by atoms with Crippen LogP contribution in [0.4, 0.5) is 4.39 Å². The maximum absolute atomic E-state index is 13.7. The minimum Gasteiger partial charge on any atom is -0.366 e. The molecule has 1 amide bonds. The van der Waals surface area contributed by atoms with Crippen molar-refractivity contribution < 1.29 is 13.4 Å². The van der Waals surface area contributed by atoms with Gasteiger partial charge in [-0.05, 0) is 30.7 Å². The Kier molecular flexibility index (Phi) is 4.85. The van der Waals surface area contributed by atoms with Crippen LogP contribution < -0.4 is 5.73 Å². The molecule has 0 saturated heterocycles. The number of primary amides is 1. The molecule has 0 bridgehead atoms. The number of carbonyl (C=O) groups excluding carboxylic acids is 1. The lowest BCUT2D eigenvalue weighted by atomic mass is 10.1. The van der Waals surface area contributed by atoms with Gasteiger partial charge in [-0.1, -0.05) is 30.3 Å². The summed E-state index contributed by atoms with van der Waals surface area (Å²) in [6.07, 6.45) is 0. The highest BCUT2D eigenvalue weighted by atomic mass is 32.2. The van der Waals surface area contributed by atoms with E-state index in [1.54, 1.807) is 49.4 Å². The van der Waals surface area contributed by atoms with Crippen molar-refractivity contribution in [2.45, 2.75) is 17.9 Å². The van der Waals surface area contributed by atoms with E-state index in [1.165, 1.54) is 6.07 Å². The van der Waals surface area contributed by atoms with E-state index >= 15 is 0 Å². The predicted octanol–water partition coefficient (Wildman–Crippen LogP) is 2.93. The van der Waals surface area contributed by atoms with Gasteiger partial charge in [0.1, 0.15) is 5.82 Å². The minimum atomic E-state index is -1.25. The molecule has 2 atom stereocenters. The van der Waals surface area contributed by atoms with E-state index in [1.807, 2.05) is 0 Å². The monoisotopic (exact) mass is 305 g/mol. The summed E-state index contributed by atoms with van der Waals surface area (Å²) in [6.45, 7) is 1.74. The van der Waals surface area contributed by atoms with Gasteiger partial charge in [-0.15, -0.1) is 0 Å². The number of nitrogens with two attached hydrogens (primary N) is 1. The van der Waals surface area contributed by atoms with Crippen LogP contribution in [0.15, 0.2) is 48.5 Å². The van der Waals surface area contributed by atoms with Gasteiger partial charge in [0.25, 0.3) is 0 Å². The molecule has 2 aromatic carbocycles. The van der Waals surface area contributed by atoms with E-state index < -0.39 is 22.0 Å². The Hall–Kier alpha value is -2.01. The second-order valence-electron chi connectivity index (χ2n) is 4.75. The third kappa shape index (κ3) is 3.76. The first-order chi connectivity index (χ1) is 9.99. The number of carbonyl (C=O) groups is 1. The molecule has 0 aliphatic heterocycles. The lowest BCUT2D eigenvalue weighted by Crippen LogP contribution is -2.11. The van der Waals surface area contributed by atoms with Gasteiger partial charge in [-0.3, -0.25) is 9.00 Å². The summed E-state index contributed by atoms with van der Waals surface area (Å²) < 4.78 is 26.0. The van der Waals surface area contributed by atoms with Gasteiger partial charge in [0.2, 0.25) is 5.91 Å². The summed E-state index contributed by atoms with van der Waals surface area (Å²) in [5.41, 5.74) is 6.84. The Bertz CT molecular complexity index is 670. The summed E-state index contributed by atoms with van der Waals surface area (Å²) in [7, 11) is -1.25. The van der Waals surface area contributed by atoms with E-state index in [-0.39, 0.29) is 5.82 Å². The summed E-state index contributed by atoms with van der Waals surface area (Å²) in [5.74, 6) is -0.543. The van der Waals surface area contributed by atoms with Crippen LogP contribution in [0, 0.1) is 5.82 Å². The van der Waals surface area contributed by atoms with Crippen LogP contribution in [-0.2, 0) is 16.6 Å². The van der Waals surface area contributed by atoms with Gasteiger partial charge in [0.05, 0.1) is 5.25 Å². The van der Waals surface area contributed by atoms with Crippen molar-refractivity contribution >= 4 is 16.7 Å². The molecule has 2 N–H and O–H groups in total. The third-order valence-corrected chi connectivity index (χ3v) is 4.95. The van der Waals surface area contributed by atoms with Crippen LogP contribution >= 0.6 is 0 Å². The minimum absolute atomic E-state index is 0.300. The van der Waals surface area contributed by atoms with Gasteiger partial charge >= 0.3 is 0 Å². The highest BCUT2D eigenvalue weighted by molar-refractivity contribution is 7.84. The van der Waals surface area contributed by atoms with E-state index in [9.17, 15) is 13.4 Å². The standard InChI is InChI=1S/C16H16FNO2S/c1-11(14-4-2-3-5-15(14)17)21(20)10-12-6-8-13(9-7-12)16(18)19/h2-9,11H,10H2,1H3,(H2,18,19)/t11-,21+/m0/s1. The van der Waals surface area contributed by atoms with Crippen molar-refractivity contribution in [2.75, 3.05) is 0 Å². The van der Waals surface area contributed by atoms with Crippen molar-refractivity contribution in [3.05, 3.63) is 71.0 Å². The average Bonchev–Trinajstić information content (AvgIpc) is 2.47. The van der Waals surface area contributed by atoms with Crippen LogP contribution in [0.2, 0.25) is 0 Å². The second kappa shape index (κ2) is 6.63. The van der Waals surface area contributed by atoms with E-state index in [4.69, 9.17) is 5.73 Å². The van der Waals surface area contributed by atoms with Crippen LogP contribution in [-0.4, -0.2) is 10.1 Å². The zero-order valence-electron chi connectivity index (χ0n) is 11.6. The predicted molar refractivity (Wildman–Crippen MR) is 81.6 cm³/mol. The Morgan fingerprint density at radius 2 is 1.81 bits per heavy atom. The Labute approximate surface area is 125 Å². The molecule has 21 heavy (non-hydrogen) atoms. The highest BCUT2D eigenvalue weighted by Crippen LogP contribution is 2.24. The molecule has 110 valence electrons. The molecule has 0 aromatic heterocycles. The van der Waals surface area contributed by atoms with E-state index in [0.29, 0.717) is 16.9 Å². The zero-order valence-corrected chi connectivity index (χ0v) is 12.4. The van der Waals surface area contributed by atoms with Gasteiger partial charge in [0, 0.05) is 27.7 Å². The summed E-state index contributed by atoms with van der Waals surface area (Å²) in [4.78, 5) is 11.0. The lowest BCUT2D eigenvalue weighted by Gasteiger charge is -2.13. The van der Waals surface area contributed by atoms with Gasteiger partial charge in [-0.25, -0.2) is 4.39 Å². The molecule has 0 spiro atoms. The van der Waals surface area contributed by atoms with Crippen LogP contribution in [0.3, 0.4) is 0 Å². The molecule has 3 nitrogen and oxygen atoms in total. The van der Waals surface area contributed by atoms with E-state index in [0.717, 1.165) is 5.56 Å². The van der Waals surface area contributed by atoms with Gasteiger partial charge < -0.3 is 5.73 Å². The molecule has 0 saturated carbocycles. The lowest BCUT2D eigenvalue weighted by molar-refractivity contribution is 0.100. The van der Waals surface area contributed by atoms with Crippen LogP contribution in [0.5, 0.6) is 0 Å². The smallest absolute Gasteiger partial charge is 0.248 e. The molecule has 0 heterocycles. The van der Waals surface area contributed by atoms with Gasteiger partial charge in [-0.2, -0.15) is 0 Å². The number of halogens is 1. The Morgan fingerprint density at radius 3 is 2.38 bits per heavy atom. The molecule has 0 aliphatic rings. The average molecular weight is 305 g/mol. The molecule has 2 rings (SSSR count). The molecule has 0 unspecified atom stereocenters. The zero-order chi connectivity index (χ0) is 15.4. The number of hydrogen-bond acceptors (Lipinski definition) is 2. The van der Waals surface area contributed by atoms with Gasteiger partial charge in [0.15, 0.2) is 0 Å². The first-order valence-corrected chi connectivity index (χ1v) is 7.87. The first-order valence-electron chi connectivity index (χ1n) is 6.49. The maximum Gasteiger partial charge on any atom is 0.248 e. The quantitative estimate of drug-likeness (QED) is 0.923. The maximum atomic E-state index is 13.7. The van der Waals surface area contributed by atoms with Crippen molar-refractivity contribution in [1.82, 2.24) is 0 Å². The highest BCUT2D eigenvalue weighted by Gasteiger charge is 2.17. The molecule has 0 radical (unpaired) electrons.